The Kier molecular flexibility index (Phi) is 6.41. The quantitative estimate of drug-likeness (QED) is 0.785. The van der Waals surface area contributed by atoms with E-state index in [0.717, 1.165) is 11.1 Å². The average Bonchev–Trinajstić information content (AvgIpc) is 2.74. The molecule has 1 aliphatic rings. The first-order chi connectivity index (χ1) is 13.6. The third kappa shape index (κ3) is 3.92. The van der Waals surface area contributed by atoms with Crippen LogP contribution in [-0.2, 0) is 4.79 Å². The number of benzene rings is 2. The molecule has 1 atom stereocenters. The normalized spacial score (nSPS) is 16.4. The number of nitrogens with zero attached hydrogens (tertiary/aromatic N) is 1. The van der Waals surface area contributed by atoms with Crippen molar-refractivity contribution in [2.24, 2.45) is 5.92 Å². The number of carboxylic acids is 1. The number of piperidine rings is 1. The Labute approximate surface area is 165 Å². The second-order valence-electron chi connectivity index (χ2n) is 6.89. The number of hydrogen-bond donors (Lipinski definition) is 1. The highest BCUT2D eigenvalue weighted by Crippen LogP contribution is 2.45. The van der Waals surface area contributed by atoms with Gasteiger partial charge in [-0.25, -0.2) is 0 Å². The molecule has 2 aromatic carbocycles. The molecular formula is C22H27NO5. The van der Waals surface area contributed by atoms with Crippen LogP contribution in [0.25, 0.3) is 0 Å². The molecule has 0 aliphatic carbocycles. The summed E-state index contributed by atoms with van der Waals surface area (Å²) in [5.74, 6) is 0.819. The van der Waals surface area contributed by atoms with Crippen molar-refractivity contribution in [3.8, 4) is 17.2 Å². The van der Waals surface area contributed by atoms with Gasteiger partial charge in [0.1, 0.15) is 0 Å². The van der Waals surface area contributed by atoms with Crippen LogP contribution in [0, 0.1) is 5.92 Å². The fraction of sp³-hybridized carbons (Fsp3) is 0.409. The SMILES string of the molecule is COc1ccc(C(c2ccccc2)N2CCC(C(=O)O)CC2)c(OC)c1OC. The number of aliphatic carboxylic acids is 1. The number of rotatable bonds is 7. The van der Waals surface area contributed by atoms with Crippen molar-refractivity contribution in [1.82, 2.24) is 4.90 Å². The van der Waals surface area contributed by atoms with Crippen LogP contribution in [0.3, 0.4) is 0 Å². The Hall–Kier alpha value is -2.73. The van der Waals surface area contributed by atoms with Crippen LogP contribution in [0.5, 0.6) is 17.2 Å². The van der Waals surface area contributed by atoms with Crippen molar-refractivity contribution in [2.45, 2.75) is 18.9 Å². The van der Waals surface area contributed by atoms with Gasteiger partial charge in [-0.3, -0.25) is 9.69 Å². The zero-order valence-electron chi connectivity index (χ0n) is 16.6. The summed E-state index contributed by atoms with van der Waals surface area (Å²) in [4.78, 5) is 13.7. The number of hydrogen-bond acceptors (Lipinski definition) is 5. The second-order valence-corrected chi connectivity index (χ2v) is 6.89. The maximum Gasteiger partial charge on any atom is 0.306 e. The minimum Gasteiger partial charge on any atom is -0.493 e. The lowest BCUT2D eigenvalue weighted by molar-refractivity contribution is -0.143. The standard InChI is InChI=1S/C22H27NO5/c1-26-18-10-9-17(20(27-2)21(18)28-3)19(15-7-5-4-6-8-15)23-13-11-16(12-14-23)22(24)25/h4-10,16,19H,11-14H2,1-3H3,(H,24,25). The molecule has 0 bridgehead atoms. The zero-order chi connectivity index (χ0) is 20.1. The molecule has 6 nitrogen and oxygen atoms in total. The molecular weight excluding hydrogens is 358 g/mol. The van der Waals surface area contributed by atoms with E-state index in [9.17, 15) is 9.90 Å². The fourth-order valence-corrected chi connectivity index (χ4v) is 3.97. The van der Waals surface area contributed by atoms with Gasteiger partial charge >= 0.3 is 5.97 Å². The third-order valence-corrected chi connectivity index (χ3v) is 5.39. The summed E-state index contributed by atoms with van der Waals surface area (Å²) in [6.45, 7) is 1.40. The van der Waals surface area contributed by atoms with Crippen LogP contribution in [0.2, 0.25) is 0 Å². The predicted molar refractivity (Wildman–Crippen MR) is 106 cm³/mol. The van der Waals surface area contributed by atoms with Crippen molar-refractivity contribution < 1.29 is 24.1 Å². The van der Waals surface area contributed by atoms with Gasteiger partial charge in [0, 0.05) is 5.56 Å². The van der Waals surface area contributed by atoms with Gasteiger partial charge in [0.05, 0.1) is 33.3 Å². The Morgan fingerprint density at radius 1 is 0.964 bits per heavy atom. The molecule has 1 N–H and O–H groups in total. The van der Waals surface area contributed by atoms with Crippen molar-refractivity contribution in [3.05, 3.63) is 53.6 Å². The molecule has 0 radical (unpaired) electrons. The van der Waals surface area contributed by atoms with E-state index < -0.39 is 5.97 Å². The maximum absolute atomic E-state index is 11.4. The van der Waals surface area contributed by atoms with Gasteiger partial charge in [0.15, 0.2) is 11.5 Å². The lowest BCUT2D eigenvalue weighted by atomic mass is 9.90. The summed E-state index contributed by atoms with van der Waals surface area (Å²) in [5, 5.41) is 9.34. The highest BCUT2D eigenvalue weighted by molar-refractivity contribution is 5.70. The first kappa shape index (κ1) is 20.0. The number of ether oxygens (including phenoxy) is 3. The third-order valence-electron chi connectivity index (χ3n) is 5.39. The molecule has 1 fully saturated rings. The van der Waals surface area contributed by atoms with E-state index in [1.54, 1.807) is 21.3 Å². The molecule has 6 heteroatoms. The molecule has 1 saturated heterocycles. The van der Waals surface area contributed by atoms with E-state index in [1.807, 2.05) is 30.3 Å². The first-order valence-electron chi connectivity index (χ1n) is 9.41. The van der Waals surface area contributed by atoms with Gasteiger partial charge < -0.3 is 19.3 Å². The van der Waals surface area contributed by atoms with Crippen LogP contribution in [0.1, 0.15) is 30.0 Å². The first-order valence-corrected chi connectivity index (χ1v) is 9.41. The van der Waals surface area contributed by atoms with Gasteiger partial charge in [-0.05, 0) is 43.6 Å². The molecule has 1 heterocycles. The van der Waals surface area contributed by atoms with Crippen LogP contribution in [-0.4, -0.2) is 50.4 Å². The molecule has 1 unspecified atom stereocenters. The van der Waals surface area contributed by atoms with E-state index in [-0.39, 0.29) is 12.0 Å². The van der Waals surface area contributed by atoms with Gasteiger partial charge in [0.25, 0.3) is 0 Å². The predicted octanol–water partition coefficient (Wildman–Crippen LogP) is 3.60. The molecule has 0 aromatic heterocycles. The van der Waals surface area contributed by atoms with Crippen LogP contribution < -0.4 is 14.2 Å². The van der Waals surface area contributed by atoms with E-state index >= 15 is 0 Å². The molecule has 0 amide bonds. The zero-order valence-corrected chi connectivity index (χ0v) is 16.6. The number of methoxy groups -OCH3 is 3. The van der Waals surface area contributed by atoms with E-state index in [4.69, 9.17) is 14.2 Å². The van der Waals surface area contributed by atoms with E-state index in [2.05, 4.69) is 17.0 Å². The van der Waals surface area contributed by atoms with Crippen molar-refractivity contribution >= 4 is 5.97 Å². The highest BCUT2D eigenvalue weighted by Gasteiger charge is 2.32. The van der Waals surface area contributed by atoms with Gasteiger partial charge in [-0.2, -0.15) is 0 Å². The van der Waals surface area contributed by atoms with E-state index in [1.165, 1.54) is 0 Å². The van der Waals surface area contributed by atoms with Gasteiger partial charge in [-0.1, -0.05) is 30.3 Å². The molecule has 150 valence electrons. The second kappa shape index (κ2) is 8.97. The summed E-state index contributed by atoms with van der Waals surface area (Å²) in [6, 6.07) is 14.0. The molecule has 0 saturated carbocycles. The maximum atomic E-state index is 11.4. The van der Waals surface area contributed by atoms with Crippen molar-refractivity contribution in [1.29, 1.82) is 0 Å². The Morgan fingerprint density at radius 3 is 2.14 bits per heavy atom. The minimum absolute atomic E-state index is 0.0642. The number of carbonyl (C=O) groups is 1. The van der Waals surface area contributed by atoms with Gasteiger partial charge in [0.2, 0.25) is 5.75 Å². The van der Waals surface area contributed by atoms with Crippen LogP contribution in [0.4, 0.5) is 0 Å². The lowest BCUT2D eigenvalue weighted by Crippen LogP contribution is -2.39. The highest BCUT2D eigenvalue weighted by atomic mass is 16.5. The smallest absolute Gasteiger partial charge is 0.306 e. The van der Waals surface area contributed by atoms with E-state index in [0.29, 0.717) is 43.2 Å². The van der Waals surface area contributed by atoms with Crippen LogP contribution in [0.15, 0.2) is 42.5 Å². The molecule has 28 heavy (non-hydrogen) atoms. The van der Waals surface area contributed by atoms with Crippen molar-refractivity contribution in [3.63, 3.8) is 0 Å². The average molecular weight is 385 g/mol. The summed E-state index contributed by atoms with van der Waals surface area (Å²) in [7, 11) is 4.82. The Morgan fingerprint density at radius 2 is 1.61 bits per heavy atom. The molecule has 0 spiro atoms. The summed E-state index contributed by atoms with van der Waals surface area (Å²) < 4.78 is 16.7. The Bertz CT molecular complexity index is 800. The topological polar surface area (TPSA) is 68.2 Å². The molecule has 2 aromatic rings. The summed E-state index contributed by atoms with van der Waals surface area (Å²) >= 11 is 0. The largest absolute Gasteiger partial charge is 0.493 e. The Balaban J connectivity index is 2.05. The van der Waals surface area contributed by atoms with Crippen molar-refractivity contribution in [2.75, 3.05) is 34.4 Å². The minimum atomic E-state index is -0.709. The monoisotopic (exact) mass is 385 g/mol. The number of likely N-dealkylation sites (tertiary alicyclic amines) is 1. The van der Waals surface area contributed by atoms with Gasteiger partial charge in [-0.15, -0.1) is 0 Å². The molecule has 1 aliphatic heterocycles. The van der Waals surface area contributed by atoms with Crippen LogP contribution >= 0.6 is 0 Å². The lowest BCUT2D eigenvalue weighted by Gasteiger charge is -2.37. The fourth-order valence-electron chi connectivity index (χ4n) is 3.97. The molecule has 3 rings (SSSR count). The summed E-state index contributed by atoms with van der Waals surface area (Å²) in [6.07, 6.45) is 1.27. The summed E-state index contributed by atoms with van der Waals surface area (Å²) in [5.41, 5.74) is 2.10. The number of carboxylic acid groups (broad SMARTS) is 1.